The number of anilines is 1. The molecular weight excluding hydrogens is 323 g/mol. The van der Waals surface area contributed by atoms with Gasteiger partial charge in [0.25, 0.3) is 0 Å². The normalized spacial score (nSPS) is 22.0. The average molecular weight is 348 g/mol. The molecule has 7 heteroatoms. The Bertz CT molecular complexity index is 631. The molecule has 0 saturated carbocycles. The molecular formula is C18H25FN4O2. The van der Waals surface area contributed by atoms with Crippen LogP contribution < -0.4 is 10.6 Å². The number of carbonyl (C=O) groups excluding carboxylic acids is 2. The van der Waals surface area contributed by atoms with Crippen LogP contribution in [0.25, 0.3) is 0 Å². The van der Waals surface area contributed by atoms with Crippen molar-refractivity contribution in [2.45, 2.75) is 12.8 Å². The molecule has 2 fully saturated rings. The number of nitrogens with two attached hydrogens (primary N) is 1. The van der Waals surface area contributed by atoms with E-state index < -0.39 is 0 Å². The lowest BCUT2D eigenvalue weighted by Gasteiger charge is -2.37. The van der Waals surface area contributed by atoms with E-state index in [0.29, 0.717) is 51.5 Å². The number of primary amides is 1. The number of nitrogens with zero attached hydrogens (tertiary/aromatic N) is 3. The van der Waals surface area contributed by atoms with Gasteiger partial charge in [-0.3, -0.25) is 14.5 Å². The molecule has 0 bridgehead atoms. The van der Waals surface area contributed by atoms with Crippen LogP contribution >= 0.6 is 0 Å². The van der Waals surface area contributed by atoms with Crippen LogP contribution in [-0.2, 0) is 9.59 Å². The topological polar surface area (TPSA) is 69.9 Å². The number of amides is 2. The average Bonchev–Trinajstić information content (AvgIpc) is 2.63. The Balaban J connectivity index is 1.49. The number of carbonyl (C=O) groups is 2. The summed E-state index contributed by atoms with van der Waals surface area (Å²) in [6, 6.07) is 6.77. The first-order valence-corrected chi connectivity index (χ1v) is 8.83. The van der Waals surface area contributed by atoms with Crippen molar-refractivity contribution < 1.29 is 14.0 Å². The fourth-order valence-electron chi connectivity index (χ4n) is 3.58. The van der Waals surface area contributed by atoms with Crippen LogP contribution in [-0.4, -0.2) is 67.4 Å². The molecule has 136 valence electrons. The number of halogens is 1. The maximum Gasteiger partial charge on any atom is 0.236 e. The second-order valence-corrected chi connectivity index (χ2v) is 6.80. The number of rotatable bonds is 4. The van der Waals surface area contributed by atoms with Gasteiger partial charge in [-0.05, 0) is 25.0 Å². The van der Waals surface area contributed by atoms with Crippen LogP contribution in [0, 0.1) is 11.7 Å². The van der Waals surface area contributed by atoms with Crippen LogP contribution in [0.1, 0.15) is 12.8 Å². The predicted molar refractivity (Wildman–Crippen MR) is 93.6 cm³/mol. The fraction of sp³-hybridized carbons (Fsp3) is 0.556. The Kier molecular flexibility index (Phi) is 5.53. The zero-order valence-corrected chi connectivity index (χ0v) is 14.4. The molecule has 25 heavy (non-hydrogen) atoms. The van der Waals surface area contributed by atoms with E-state index in [1.165, 1.54) is 6.07 Å². The van der Waals surface area contributed by atoms with E-state index in [4.69, 9.17) is 5.73 Å². The monoisotopic (exact) mass is 348 g/mol. The van der Waals surface area contributed by atoms with Crippen LogP contribution in [0.15, 0.2) is 24.3 Å². The van der Waals surface area contributed by atoms with Crippen molar-refractivity contribution in [1.29, 1.82) is 0 Å². The summed E-state index contributed by atoms with van der Waals surface area (Å²) < 4.78 is 13.9. The van der Waals surface area contributed by atoms with Crippen molar-refractivity contribution >= 4 is 17.5 Å². The Morgan fingerprint density at radius 1 is 1.12 bits per heavy atom. The molecule has 0 aliphatic carbocycles. The highest BCUT2D eigenvalue weighted by atomic mass is 19.1. The number of hydrogen-bond donors (Lipinski definition) is 1. The summed E-state index contributed by atoms with van der Waals surface area (Å²) in [5, 5.41) is 0. The summed E-state index contributed by atoms with van der Waals surface area (Å²) in [5.41, 5.74) is 5.99. The van der Waals surface area contributed by atoms with Crippen molar-refractivity contribution in [3.05, 3.63) is 30.1 Å². The predicted octanol–water partition coefficient (Wildman–Crippen LogP) is 0.672. The highest BCUT2D eigenvalue weighted by Gasteiger charge is 2.28. The summed E-state index contributed by atoms with van der Waals surface area (Å²) in [6.07, 6.45) is 1.58. The Hall–Kier alpha value is -2.15. The van der Waals surface area contributed by atoms with Gasteiger partial charge in [0.2, 0.25) is 11.8 Å². The van der Waals surface area contributed by atoms with Gasteiger partial charge < -0.3 is 15.5 Å². The third kappa shape index (κ3) is 4.28. The van der Waals surface area contributed by atoms with Gasteiger partial charge in [0, 0.05) is 39.3 Å². The molecule has 1 aromatic carbocycles. The van der Waals surface area contributed by atoms with Gasteiger partial charge in [0.05, 0.1) is 18.2 Å². The zero-order valence-electron chi connectivity index (χ0n) is 14.4. The van der Waals surface area contributed by atoms with Crippen molar-refractivity contribution in [3.63, 3.8) is 0 Å². The number of para-hydroxylation sites is 1. The van der Waals surface area contributed by atoms with E-state index in [1.54, 1.807) is 17.0 Å². The summed E-state index contributed by atoms with van der Waals surface area (Å²) in [7, 11) is 0. The van der Waals surface area contributed by atoms with E-state index in [0.717, 1.165) is 12.8 Å². The molecule has 0 radical (unpaired) electrons. The van der Waals surface area contributed by atoms with Crippen molar-refractivity contribution in [2.24, 2.45) is 11.7 Å². The summed E-state index contributed by atoms with van der Waals surface area (Å²) in [4.78, 5) is 29.7. The second kappa shape index (κ2) is 7.82. The first-order valence-electron chi connectivity index (χ1n) is 8.83. The van der Waals surface area contributed by atoms with Crippen molar-refractivity contribution in [2.75, 3.05) is 50.7 Å². The third-order valence-electron chi connectivity index (χ3n) is 5.10. The largest absolute Gasteiger partial charge is 0.369 e. The van der Waals surface area contributed by atoms with Crippen molar-refractivity contribution in [3.8, 4) is 0 Å². The zero-order chi connectivity index (χ0) is 17.8. The van der Waals surface area contributed by atoms with Crippen LogP contribution in [0.5, 0.6) is 0 Å². The second-order valence-electron chi connectivity index (χ2n) is 6.80. The molecule has 1 unspecified atom stereocenters. The molecule has 1 aromatic rings. The minimum absolute atomic E-state index is 0.0466. The van der Waals surface area contributed by atoms with Gasteiger partial charge in [-0.1, -0.05) is 12.1 Å². The number of hydrogen-bond acceptors (Lipinski definition) is 4. The summed E-state index contributed by atoms with van der Waals surface area (Å²) in [5.74, 6) is -0.713. The standard InChI is InChI=1S/C18H25FN4O2/c19-15-5-1-2-6-16(15)22-10-8-21(9-11-22)13-17(24)23-7-3-4-14(12-23)18(20)25/h1-2,5-6,14H,3-4,7-13H2,(H2,20,25). The molecule has 2 aliphatic rings. The van der Waals surface area contributed by atoms with E-state index in [1.807, 2.05) is 11.0 Å². The lowest BCUT2D eigenvalue weighted by atomic mass is 9.97. The molecule has 6 nitrogen and oxygen atoms in total. The quantitative estimate of drug-likeness (QED) is 0.868. The van der Waals surface area contributed by atoms with Crippen LogP contribution in [0.2, 0.25) is 0 Å². The van der Waals surface area contributed by atoms with Crippen LogP contribution in [0.4, 0.5) is 10.1 Å². The molecule has 0 aromatic heterocycles. The van der Waals surface area contributed by atoms with Crippen molar-refractivity contribution in [1.82, 2.24) is 9.80 Å². The highest BCUT2D eigenvalue weighted by molar-refractivity contribution is 5.81. The van der Waals surface area contributed by atoms with Gasteiger partial charge in [-0.2, -0.15) is 0 Å². The molecule has 2 aliphatic heterocycles. The van der Waals surface area contributed by atoms with E-state index >= 15 is 0 Å². The minimum Gasteiger partial charge on any atom is -0.369 e. The van der Waals surface area contributed by atoms with Gasteiger partial charge in [-0.25, -0.2) is 4.39 Å². The molecule has 2 N–H and O–H groups in total. The molecule has 1 atom stereocenters. The van der Waals surface area contributed by atoms with Gasteiger partial charge in [-0.15, -0.1) is 0 Å². The summed E-state index contributed by atoms with van der Waals surface area (Å²) >= 11 is 0. The number of piperidine rings is 1. The number of likely N-dealkylation sites (tertiary alicyclic amines) is 1. The summed E-state index contributed by atoms with van der Waals surface area (Å²) in [6.45, 7) is 4.29. The lowest BCUT2D eigenvalue weighted by Crippen LogP contribution is -2.52. The number of benzene rings is 1. The first kappa shape index (κ1) is 17.7. The van der Waals surface area contributed by atoms with Gasteiger partial charge >= 0.3 is 0 Å². The van der Waals surface area contributed by atoms with Gasteiger partial charge in [0.1, 0.15) is 5.82 Å². The Morgan fingerprint density at radius 3 is 2.52 bits per heavy atom. The highest BCUT2D eigenvalue weighted by Crippen LogP contribution is 2.20. The van der Waals surface area contributed by atoms with Gasteiger partial charge in [0.15, 0.2) is 0 Å². The Morgan fingerprint density at radius 2 is 1.84 bits per heavy atom. The lowest BCUT2D eigenvalue weighted by molar-refractivity contribution is -0.136. The SMILES string of the molecule is NC(=O)C1CCCN(C(=O)CN2CCN(c3ccccc3F)CC2)C1. The number of piperazine rings is 1. The third-order valence-corrected chi connectivity index (χ3v) is 5.10. The molecule has 0 spiro atoms. The molecule has 2 saturated heterocycles. The van der Waals surface area contributed by atoms with E-state index in [9.17, 15) is 14.0 Å². The molecule has 3 rings (SSSR count). The molecule has 2 amide bonds. The fourth-order valence-corrected chi connectivity index (χ4v) is 3.58. The maximum atomic E-state index is 13.9. The first-order chi connectivity index (χ1) is 12.0. The minimum atomic E-state index is -0.323. The smallest absolute Gasteiger partial charge is 0.236 e. The Labute approximate surface area is 147 Å². The molecule has 2 heterocycles. The van der Waals surface area contributed by atoms with E-state index in [2.05, 4.69) is 4.90 Å². The maximum absolute atomic E-state index is 13.9. The van der Waals surface area contributed by atoms with Crippen LogP contribution in [0.3, 0.4) is 0 Å². The van der Waals surface area contributed by atoms with E-state index in [-0.39, 0.29) is 23.5 Å².